The van der Waals surface area contributed by atoms with E-state index in [1.807, 2.05) is 0 Å². The van der Waals surface area contributed by atoms with Crippen molar-refractivity contribution in [2.24, 2.45) is 0 Å². The highest BCUT2D eigenvalue weighted by Crippen LogP contribution is 2.15. The normalized spacial score (nSPS) is 12.7. The molecule has 0 spiro atoms. The van der Waals surface area contributed by atoms with Crippen LogP contribution in [0, 0.1) is 5.82 Å². The number of hydrogen-bond acceptors (Lipinski definition) is 2. The summed E-state index contributed by atoms with van der Waals surface area (Å²) in [6, 6.07) is 4.70. The molecule has 1 aromatic rings. The Morgan fingerprint density at radius 2 is 2.27 bits per heavy atom. The maximum Gasteiger partial charge on any atom is 0.142 e. The molecule has 84 valence electrons. The second kappa shape index (κ2) is 6.20. The maximum atomic E-state index is 13.0. The maximum absolute atomic E-state index is 13.0. The molecular formula is C10H13ClFNOS. The van der Waals surface area contributed by atoms with Gasteiger partial charge in [-0.05, 0) is 17.7 Å². The summed E-state index contributed by atoms with van der Waals surface area (Å²) in [5, 5.41) is 3.21. The summed E-state index contributed by atoms with van der Waals surface area (Å²) in [7, 11) is -0.789. The molecule has 1 aromatic carbocycles. The monoisotopic (exact) mass is 249 g/mol. The first-order chi connectivity index (χ1) is 7.09. The average Bonchev–Trinajstić information content (AvgIpc) is 2.18. The van der Waals surface area contributed by atoms with Crippen molar-refractivity contribution in [3.05, 3.63) is 34.6 Å². The van der Waals surface area contributed by atoms with Crippen LogP contribution in [0.5, 0.6) is 0 Å². The second-order valence-corrected chi connectivity index (χ2v) is 5.16. The second-order valence-electron chi connectivity index (χ2n) is 3.20. The van der Waals surface area contributed by atoms with Gasteiger partial charge in [0.1, 0.15) is 5.82 Å². The van der Waals surface area contributed by atoms with Crippen molar-refractivity contribution in [3.8, 4) is 0 Å². The van der Waals surface area contributed by atoms with Crippen molar-refractivity contribution >= 4 is 22.4 Å². The first kappa shape index (κ1) is 12.6. The third-order valence-corrected chi connectivity index (χ3v) is 2.96. The molecule has 1 atom stereocenters. The van der Waals surface area contributed by atoms with E-state index in [-0.39, 0.29) is 5.02 Å². The van der Waals surface area contributed by atoms with Gasteiger partial charge in [-0.15, -0.1) is 0 Å². The Balaban J connectivity index is 2.38. The van der Waals surface area contributed by atoms with E-state index in [9.17, 15) is 8.60 Å². The summed E-state index contributed by atoms with van der Waals surface area (Å²) in [6.45, 7) is 1.22. The van der Waals surface area contributed by atoms with Gasteiger partial charge in [-0.2, -0.15) is 0 Å². The molecule has 0 radical (unpaired) electrons. The minimum absolute atomic E-state index is 0.133. The van der Waals surface area contributed by atoms with Crippen LogP contribution in [0.4, 0.5) is 4.39 Å². The highest BCUT2D eigenvalue weighted by molar-refractivity contribution is 7.84. The fourth-order valence-corrected chi connectivity index (χ4v) is 1.65. The molecule has 0 fully saturated rings. The van der Waals surface area contributed by atoms with Crippen LogP contribution in [0.2, 0.25) is 5.02 Å². The van der Waals surface area contributed by atoms with Gasteiger partial charge in [0.2, 0.25) is 0 Å². The highest BCUT2D eigenvalue weighted by atomic mass is 35.5. The van der Waals surface area contributed by atoms with Crippen molar-refractivity contribution in [1.29, 1.82) is 0 Å². The van der Waals surface area contributed by atoms with Crippen LogP contribution in [0.1, 0.15) is 5.56 Å². The molecule has 5 heteroatoms. The lowest BCUT2D eigenvalue weighted by molar-refractivity contribution is 0.622. The first-order valence-electron chi connectivity index (χ1n) is 4.54. The largest absolute Gasteiger partial charge is 0.312 e. The van der Waals surface area contributed by atoms with Gasteiger partial charge in [-0.25, -0.2) is 4.39 Å². The molecule has 0 aromatic heterocycles. The molecule has 0 heterocycles. The molecule has 0 saturated heterocycles. The lowest BCUT2D eigenvalue weighted by Gasteiger charge is -2.04. The third kappa shape index (κ3) is 4.73. The molecule has 1 unspecified atom stereocenters. The van der Waals surface area contributed by atoms with Gasteiger partial charge in [-0.1, -0.05) is 17.7 Å². The van der Waals surface area contributed by atoms with Gasteiger partial charge in [0, 0.05) is 35.9 Å². The van der Waals surface area contributed by atoms with Gasteiger partial charge in [-0.3, -0.25) is 4.21 Å². The number of hydrogen-bond donors (Lipinski definition) is 1. The summed E-state index contributed by atoms with van der Waals surface area (Å²) in [4.78, 5) is 0. The van der Waals surface area contributed by atoms with E-state index in [4.69, 9.17) is 11.6 Å². The van der Waals surface area contributed by atoms with E-state index in [0.717, 1.165) is 5.56 Å². The zero-order chi connectivity index (χ0) is 11.3. The van der Waals surface area contributed by atoms with Gasteiger partial charge < -0.3 is 5.32 Å². The molecule has 1 N–H and O–H groups in total. The van der Waals surface area contributed by atoms with Crippen LogP contribution in [0.25, 0.3) is 0 Å². The number of nitrogens with one attached hydrogen (secondary N) is 1. The molecule has 15 heavy (non-hydrogen) atoms. The zero-order valence-corrected chi connectivity index (χ0v) is 10.00. The standard InChI is InChI=1S/C10H13ClFNOS/c1-15(14)5-4-13-7-8-2-3-9(11)10(12)6-8/h2-3,6,13H,4-5,7H2,1H3. The lowest BCUT2D eigenvalue weighted by atomic mass is 10.2. The van der Waals surface area contributed by atoms with Crippen LogP contribution in [0.15, 0.2) is 18.2 Å². The van der Waals surface area contributed by atoms with Crippen LogP contribution in [0.3, 0.4) is 0 Å². The number of benzene rings is 1. The van der Waals surface area contributed by atoms with Gasteiger partial charge in [0.05, 0.1) is 5.02 Å². The Kier molecular flexibility index (Phi) is 5.22. The minimum Gasteiger partial charge on any atom is -0.312 e. The van der Waals surface area contributed by atoms with Crippen molar-refractivity contribution in [2.75, 3.05) is 18.6 Å². The summed E-state index contributed by atoms with van der Waals surface area (Å²) in [5.74, 6) is 0.200. The van der Waals surface area contributed by atoms with Crippen LogP contribution in [-0.4, -0.2) is 22.8 Å². The van der Waals surface area contributed by atoms with Crippen molar-refractivity contribution in [3.63, 3.8) is 0 Å². The van der Waals surface area contributed by atoms with E-state index in [0.29, 0.717) is 18.8 Å². The predicted octanol–water partition coefficient (Wildman–Crippen LogP) is 1.95. The Labute approximate surface area is 96.3 Å². The molecule has 0 aliphatic heterocycles. The minimum atomic E-state index is -0.789. The van der Waals surface area contributed by atoms with E-state index in [2.05, 4.69) is 5.32 Å². The molecule has 1 rings (SSSR count). The number of rotatable bonds is 5. The molecule has 0 aliphatic rings. The molecule has 0 saturated carbocycles. The SMILES string of the molecule is CS(=O)CCNCc1ccc(Cl)c(F)c1. The fourth-order valence-electron chi connectivity index (χ4n) is 1.10. The van der Waals surface area contributed by atoms with Crippen LogP contribution in [-0.2, 0) is 17.3 Å². The fraction of sp³-hybridized carbons (Fsp3) is 0.400. The zero-order valence-electron chi connectivity index (χ0n) is 8.43. The average molecular weight is 250 g/mol. The Morgan fingerprint density at radius 1 is 1.53 bits per heavy atom. The van der Waals surface area contributed by atoms with Crippen LogP contribution < -0.4 is 5.32 Å². The molecule has 0 bridgehead atoms. The van der Waals surface area contributed by atoms with Crippen molar-refractivity contribution in [1.82, 2.24) is 5.32 Å². The van der Waals surface area contributed by atoms with Gasteiger partial charge >= 0.3 is 0 Å². The molecule has 0 amide bonds. The summed E-state index contributed by atoms with van der Waals surface area (Å²) in [5.41, 5.74) is 0.832. The predicted molar refractivity (Wildman–Crippen MR) is 62.1 cm³/mol. The van der Waals surface area contributed by atoms with Crippen molar-refractivity contribution in [2.45, 2.75) is 6.54 Å². The third-order valence-electron chi connectivity index (χ3n) is 1.88. The summed E-state index contributed by atoms with van der Waals surface area (Å²) >= 11 is 5.55. The smallest absolute Gasteiger partial charge is 0.142 e. The van der Waals surface area contributed by atoms with E-state index in [1.165, 1.54) is 12.1 Å². The summed E-state index contributed by atoms with van der Waals surface area (Å²) < 4.78 is 23.8. The summed E-state index contributed by atoms with van der Waals surface area (Å²) in [6.07, 6.45) is 1.66. The Hall–Kier alpha value is -0.450. The number of halogens is 2. The molecule has 0 aliphatic carbocycles. The molecule has 2 nitrogen and oxygen atoms in total. The van der Waals surface area contributed by atoms with Gasteiger partial charge in [0.15, 0.2) is 0 Å². The Morgan fingerprint density at radius 3 is 2.87 bits per heavy atom. The first-order valence-corrected chi connectivity index (χ1v) is 6.65. The lowest BCUT2D eigenvalue weighted by Crippen LogP contribution is -2.19. The van der Waals surface area contributed by atoms with Crippen LogP contribution >= 0.6 is 11.6 Å². The van der Waals surface area contributed by atoms with E-state index in [1.54, 1.807) is 12.3 Å². The van der Waals surface area contributed by atoms with Gasteiger partial charge in [0.25, 0.3) is 0 Å². The van der Waals surface area contributed by atoms with Crippen molar-refractivity contribution < 1.29 is 8.60 Å². The van der Waals surface area contributed by atoms with E-state index < -0.39 is 16.6 Å². The quantitative estimate of drug-likeness (QED) is 0.809. The Bertz CT molecular complexity index is 359. The molecular weight excluding hydrogens is 237 g/mol. The topological polar surface area (TPSA) is 29.1 Å². The highest BCUT2D eigenvalue weighted by Gasteiger charge is 2.00. The van der Waals surface area contributed by atoms with E-state index >= 15 is 0 Å².